The molecule has 2 amide bonds. The van der Waals surface area contributed by atoms with E-state index in [1.165, 1.54) is 18.2 Å². The van der Waals surface area contributed by atoms with Crippen LogP contribution in [0.3, 0.4) is 0 Å². The SMILES string of the molecule is C=CCN1C(=O)c2c(Cl)ccc(Cl)c2C1=O. The van der Waals surface area contributed by atoms with Gasteiger partial charge in [0.25, 0.3) is 11.8 Å². The first-order chi connectivity index (χ1) is 7.57. The Hall–Kier alpha value is -1.32. The molecule has 0 spiro atoms. The molecular weight excluding hydrogens is 249 g/mol. The average molecular weight is 256 g/mol. The van der Waals surface area contributed by atoms with Crippen molar-refractivity contribution < 1.29 is 9.59 Å². The van der Waals surface area contributed by atoms with E-state index < -0.39 is 11.8 Å². The minimum Gasteiger partial charge on any atom is -0.270 e. The highest BCUT2D eigenvalue weighted by Gasteiger charge is 2.38. The largest absolute Gasteiger partial charge is 0.270 e. The van der Waals surface area contributed by atoms with Gasteiger partial charge in [-0.2, -0.15) is 0 Å². The molecule has 16 heavy (non-hydrogen) atoms. The molecule has 0 atom stereocenters. The zero-order chi connectivity index (χ0) is 11.9. The molecule has 0 saturated carbocycles. The third kappa shape index (κ3) is 1.44. The molecule has 1 aromatic rings. The maximum absolute atomic E-state index is 11.9. The molecule has 0 radical (unpaired) electrons. The van der Waals surface area contributed by atoms with E-state index in [1.807, 2.05) is 0 Å². The van der Waals surface area contributed by atoms with Crippen LogP contribution < -0.4 is 0 Å². The highest BCUT2D eigenvalue weighted by molar-refractivity contribution is 6.41. The molecule has 5 heteroatoms. The lowest BCUT2D eigenvalue weighted by molar-refractivity contribution is 0.0672. The molecule has 0 aromatic heterocycles. The monoisotopic (exact) mass is 255 g/mol. The molecule has 0 N–H and O–H groups in total. The van der Waals surface area contributed by atoms with Crippen LogP contribution in [0.15, 0.2) is 24.8 Å². The Morgan fingerprint density at radius 1 is 1.12 bits per heavy atom. The van der Waals surface area contributed by atoms with E-state index in [4.69, 9.17) is 23.2 Å². The van der Waals surface area contributed by atoms with Gasteiger partial charge in [-0.1, -0.05) is 29.3 Å². The van der Waals surface area contributed by atoms with Crippen LogP contribution in [0.2, 0.25) is 10.0 Å². The fraction of sp³-hybridized carbons (Fsp3) is 0.0909. The van der Waals surface area contributed by atoms with E-state index in [0.29, 0.717) is 0 Å². The molecule has 0 unspecified atom stereocenters. The molecule has 1 aromatic carbocycles. The van der Waals surface area contributed by atoms with Crippen molar-refractivity contribution in [3.05, 3.63) is 46.0 Å². The number of hydrogen-bond donors (Lipinski definition) is 0. The molecule has 0 saturated heterocycles. The Kier molecular flexibility index (Phi) is 2.74. The number of amides is 2. The van der Waals surface area contributed by atoms with E-state index in [1.54, 1.807) is 0 Å². The van der Waals surface area contributed by atoms with E-state index in [2.05, 4.69) is 6.58 Å². The molecular formula is C11H7Cl2NO2. The van der Waals surface area contributed by atoms with Gasteiger partial charge in [0.05, 0.1) is 21.2 Å². The Balaban J connectivity index is 2.63. The molecule has 1 aliphatic heterocycles. The molecule has 0 fully saturated rings. The van der Waals surface area contributed by atoms with Gasteiger partial charge >= 0.3 is 0 Å². The maximum atomic E-state index is 11.9. The summed E-state index contributed by atoms with van der Waals surface area (Å²) in [6.45, 7) is 3.64. The van der Waals surface area contributed by atoms with Crippen molar-refractivity contribution in [1.82, 2.24) is 4.90 Å². The fourth-order valence-electron chi connectivity index (χ4n) is 1.63. The zero-order valence-corrected chi connectivity index (χ0v) is 9.68. The van der Waals surface area contributed by atoms with Crippen molar-refractivity contribution in [2.45, 2.75) is 0 Å². The summed E-state index contributed by atoms with van der Waals surface area (Å²) in [6, 6.07) is 3.01. The molecule has 1 heterocycles. The van der Waals surface area contributed by atoms with Gasteiger partial charge in [0.2, 0.25) is 0 Å². The second-order valence-corrected chi connectivity index (χ2v) is 4.10. The van der Waals surface area contributed by atoms with Gasteiger partial charge in [-0.15, -0.1) is 6.58 Å². The predicted molar refractivity (Wildman–Crippen MR) is 62.0 cm³/mol. The van der Waals surface area contributed by atoms with E-state index >= 15 is 0 Å². The number of carbonyl (C=O) groups is 2. The van der Waals surface area contributed by atoms with Crippen molar-refractivity contribution in [2.75, 3.05) is 6.54 Å². The number of imide groups is 1. The Morgan fingerprint density at radius 3 is 1.94 bits per heavy atom. The number of benzene rings is 1. The third-order valence-electron chi connectivity index (χ3n) is 2.33. The molecule has 0 bridgehead atoms. The molecule has 1 aliphatic rings. The molecule has 82 valence electrons. The van der Waals surface area contributed by atoms with Crippen molar-refractivity contribution in [3.63, 3.8) is 0 Å². The van der Waals surface area contributed by atoms with Gasteiger partial charge in [0, 0.05) is 6.54 Å². The highest BCUT2D eigenvalue weighted by Crippen LogP contribution is 2.34. The number of hydrogen-bond acceptors (Lipinski definition) is 2. The van der Waals surface area contributed by atoms with Gasteiger partial charge in [0.1, 0.15) is 0 Å². The van der Waals surface area contributed by atoms with Crippen LogP contribution in [-0.2, 0) is 0 Å². The quantitative estimate of drug-likeness (QED) is 0.602. The van der Waals surface area contributed by atoms with Crippen LogP contribution in [0.25, 0.3) is 0 Å². The van der Waals surface area contributed by atoms with Gasteiger partial charge in [-0.25, -0.2) is 0 Å². The summed E-state index contributed by atoms with van der Waals surface area (Å²) in [7, 11) is 0. The second-order valence-electron chi connectivity index (χ2n) is 3.29. The Morgan fingerprint density at radius 2 is 1.56 bits per heavy atom. The topological polar surface area (TPSA) is 37.4 Å². The summed E-state index contributed by atoms with van der Waals surface area (Å²) in [5, 5.41) is 0.480. The molecule has 2 rings (SSSR count). The molecule has 0 aliphatic carbocycles. The summed E-state index contributed by atoms with van der Waals surface area (Å²) in [6.07, 6.45) is 1.48. The highest BCUT2D eigenvalue weighted by atomic mass is 35.5. The van der Waals surface area contributed by atoms with Crippen molar-refractivity contribution in [1.29, 1.82) is 0 Å². The number of nitrogens with zero attached hydrogens (tertiary/aromatic N) is 1. The first-order valence-electron chi connectivity index (χ1n) is 4.53. The lowest BCUT2D eigenvalue weighted by Gasteiger charge is -2.09. The van der Waals surface area contributed by atoms with Crippen LogP contribution in [0.4, 0.5) is 0 Å². The van der Waals surface area contributed by atoms with Crippen LogP contribution in [0, 0.1) is 0 Å². The Bertz CT molecular complexity index is 470. The van der Waals surface area contributed by atoms with Crippen LogP contribution in [0.1, 0.15) is 20.7 Å². The van der Waals surface area contributed by atoms with Gasteiger partial charge < -0.3 is 0 Å². The number of rotatable bonds is 2. The van der Waals surface area contributed by atoms with Crippen molar-refractivity contribution >= 4 is 35.0 Å². The number of halogens is 2. The zero-order valence-electron chi connectivity index (χ0n) is 8.17. The van der Waals surface area contributed by atoms with Crippen molar-refractivity contribution in [3.8, 4) is 0 Å². The minimum atomic E-state index is -0.424. The van der Waals surface area contributed by atoms with Crippen LogP contribution in [-0.4, -0.2) is 23.3 Å². The lowest BCUT2D eigenvalue weighted by Crippen LogP contribution is -2.29. The second kappa shape index (κ2) is 3.92. The van der Waals surface area contributed by atoms with E-state index in [9.17, 15) is 9.59 Å². The van der Waals surface area contributed by atoms with Crippen LogP contribution in [0.5, 0.6) is 0 Å². The van der Waals surface area contributed by atoms with E-state index in [0.717, 1.165) is 4.90 Å². The normalized spacial score (nSPS) is 14.2. The summed E-state index contributed by atoms with van der Waals surface area (Å²) < 4.78 is 0. The van der Waals surface area contributed by atoms with Gasteiger partial charge in [-0.3, -0.25) is 14.5 Å². The lowest BCUT2D eigenvalue weighted by atomic mass is 10.1. The standard InChI is InChI=1S/C11H7Cl2NO2/c1-2-5-14-10(15)8-6(12)3-4-7(13)9(8)11(14)16/h2-4H,1,5H2. The number of carbonyl (C=O) groups excluding carboxylic acids is 2. The Labute approximate surface area is 102 Å². The average Bonchev–Trinajstić information content (AvgIpc) is 2.50. The first-order valence-corrected chi connectivity index (χ1v) is 5.28. The summed E-state index contributed by atoms with van der Waals surface area (Å²) in [5.41, 5.74) is 0.363. The van der Waals surface area contributed by atoms with E-state index in [-0.39, 0.29) is 27.7 Å². The first kappa shape index (κ1) is 11.2. The van der Waals surface area contributed by atoms with Gasteiger partial charge in [0.15, 0.2) is 0 Å². The van der Waals surface area contributed by atoms with Gasteiger partial charge in [-0.05, 0) is 12.1 Å². The summed E-state index contributed by atoms with van der Waals surface area (Å²) in [5.74, 6) is -0.847. The van der Waals surface area contributed by atoms with Crippen molar-refractivity contribution in [2.24, 2.45) is 0 Å². The smallest absolute Gasteiger partial charge is 0.263 e. The minimum absolute atomic E-state index is 0.152. The third-order valence-corrected chi connectivity index (χ3v) is 2.96. The maximum Gasteiger partial charge on any atom is 0.263 e. The number of fused-ring (bicyclic) bond motifs is 1. The molecule has 3 nitrogen and oxygen atoms in total. The summed E-state index contributed by atoms with van der Waals surface area (Å²) >= 11 is 11.8. The van der Waals surface area contributed by atoms with Crippen LogP contribution >= 0.6 is 23.2 Å². The predicted octanol–water partition coefficient (Wildman–Crippen LogP) is 2.78. The summed E-state index contributed by atoms with van der Waals surface area (Å²) in [4.78, 5) is 24.8. The fourth-order valence-corrected chi connectivity index (χ4v) is 2.10.